The van der Waals surface area contributed by atoms with Crippen LogP contribution in [0.1, 0.15) is 49.9 Å². The van der Waals surface area contributed by atoms with Gasteiger partial charge in [-0.15, -0.1) is 0 Å². The molecule has 2 atom stereocenters. The van der Waals surface area contributed by atoms with Gasteiger partial charge in [0.2, 0.25) is 0 Å². The summed E-state index contributed by atoms with van der Waals surface area (Å²) in [5.74, 6) is -0.780. The molecule has 0 spiro atoms. The second-order valence-corrected chi connectivity index (χ2v) is 6.80. The topological polar surface area (TPSA) is 55.8 Å². The molecular formula is C19H27NO4. The van der Waals surface area contributed by atoms with Crippen LogP contribution in [0.4, 0.5) is 5.69 Å². The van der Waals surface area contributed by atoms with Gasteiger partial charge in [0.15, 0.2) is 0 Å². The third-order valence-corrected chi connectivity index (χ3v) is 4.26. The number of carbonyl (C=O) groups excluding carboxylic acids is 2. The van der Waals surface area contributed by atoms with Gasteiger partial charge in [0.1, 0.15) is 12.2 Å². The van der Waals surface area contributed by atoms with Gasteiger partial charge in [0, 0.05) is 19.8 Å². The Morgan fingerprint density at radius 1 is 1.00 bits per heavy atom. The molecule has 0 amide bonds. The molecule has 132 valence electrons. The van der Waals surface area contributed by atoms with E-state index in [1.54, 1.807) is 26.0 Å². The van der Waals surface area contributed by atoms with Crippen molar-refractivity contribution in [2.75, 3.05) is 19.0 Å². The van der Waals surface area contributed by atoms with Crippen LogP contribution in [0, 0.1) is 5.92 Å². The van der Waals surface area contributed by atoms with Crippen LogP contribution in [0.2, 0.25) is 0 Å². The molecule has 0 N–H and O–H groups in total. The Morgan fingerprint density at radius 3 is 2.04 bits per heavy atom. The molecule has 5 nitrogen and oxygen atoms in total. The highest BCUT2D eigenvalue weighted by Crippen LogP contribution is 2.26. The lowest BCUT2D eigenvalue weighted by atomic mass is 9.94. The molecule has 0 aromatic heterocycles. The molecule has 1 aromatic carbocycles. The Labute approximate surface area is 143 Å². The van der Waals surface area contributed by atoms with Crippen LogP contribution in [-0.2, 0) is 14.3 Å². The number of hydrogen-bond acceptors (Lipinski definition) is 5. The van der Waals surface area contributed by atoms with Crippen molar-refractivity contribution in [1.82, 2.24) is 0 Å². The van der Waals surface area contributed by atoms with Crippen LogP contribution in [0.5, 0.6) is 0 Å². The molecule has 0 bridgehead atoms. The first kappa shape index (κ1) is 18.3. The Balaban J connectivity index is 2.00. The maximum Gasteiger partial charge on any atom is 0.338 e. The van der Waals surface area contributed by atoms with Gasteiger partial charge in [0.05, 0.1) is 11.5 Å². The van der Waals surface area contributed by atoms with E-state index in [1.807, 2.05) is 31.1 Å². The van der Waals surface area contributed by atoms with Crippen molar-refractivity contribution in [2.24, 2.45) is 5.92 Å². The van der Waals surface area contributed by atoms with Gasteiger partial charge in [-0.05, 0) is 49.9 Å². The van der Waals surface area contributed by atoms with E-state index in [4.69, 9.17) is 9.47 Å². The average Bonchev–Trinajstić information content (AvgIpc) is 2.56. The Morgan fingerprint density at radius 2 is 1.54 bits per heavy atom. The van der Waals surface area contributed by atoms with Crippen molar-refractivity contribution in [3.8, 4) is 0 Å². The minimum Gasteiger partial charge on any atom is -0.458 e. The summed E-state index contributed by atoms with van der Waals surface area (Å²) in [4.78, 5) is 26.2. The van der Waals surface area contributed by atoms with Gasteiger partial charge in [-0.25, -0.2) is 4.79 Å². The summed E-state index contributed by atoms with van der Waals surface area (Å²) >= 11 is 0. The minimum absolute atomic E-state index is 0.179. The Kier molecular flexibility index (Phi) is 6.23. The predicted octanol–water partition coefficient (Wildman–Crippen LogP) is 3.42. The molecular weight excluding hydrogens is 306 g/mol. The Hall–Kier alpha value is -2.04. The summed E-state index contributed by atoms with van der Waals surface area (Å²) in [7, 11) is 3.89. The van der Waals surface area contributed by atoms with Gasteiger partial charge in [-0.2, -0.15) is 0 Å². The fraction of sp³-hybridized carbons (Fsp3) is 0.579. The quantitative estimate of drug-likeness (QED) is 0.773. The normalized spacial score (nSPS) is 20.5. The highest BCUT2D eigenvalue weighted by molar-refractivity contribution is 5.90. The number of ether oxygens (including phenoxy) is 2. The van der Waals surface area contributed by atoms with Crippen molar-refractivity contribution < 1.29 is 19.1 Å². The average molecular weight is 333 g/mol. The highest BCUT2D eigenvalue weighted by Gasteiger charge is 2.32. The molecule has 1 aliphatic carbocycles. The number of anilines is 1. The van der Waals surface area contributed by atoms with E-state index in [9.17, 15) is 9.59 Å². The molecule has 0 aliphatic heterocycles. The fourth-order valence-electron chi connectivity index (χ4n) is 2.72. The van der Waals surface area contributed by atoms with Crippen molar-refractivity contribution in [1.29, 1.82) is 0 Å². The largest absolute Gasteiger partial charge is 0.458 e. The standard InChI is InChI=1S/C19H27NO4/c1-13(2)18(21)23-16-7-5-6-8-17(16)24-19(22)14-9-11-15(12-10-14)20(3)4/h9-13,16-17H,5-8H2,1-4H3/t16-,17+/m0/s1. The van der Waals surface area contributed by atoms with Crippen LogP contribution in [0.25, 0.3) is 0 Å². The summed E-state index contributed by atoms with van der Waals surface area (Å²) in [6.07, 6.45) is 2.75. The fourth-order valence-corrected chi connectivity index (χ4v) is 2.72. The van der Waals surface area contributed by atoms with Gasteiger partial charge in [-0.1, -0.05) is 13.8 Å². The molecule has 0 heterocycles. The second-order valence-electron chi connectivity index (χ2n) is 6.80. The van der Waals surface area contributed by atoms with E-state index in [2.05, 4.69) is 0 Å². The zero-order valence-electron chi connectivity index (χ0n) is 15.0. The first-order valence-electron chi connectivity index (χ1n) is 8.57. The Bertz CT molecular complexity index is 565. The van der Waals surface area contributed by atoms with Gasteiger partial charge >= 0.3 is 11.9 Å². The molecule has 2 rings (SSSR count). The predicted molar refractivity (Wildman–Crippen MR) is 93.2 cm³/mol. The molecule has 1 saturated carbocycles. The highest BCUT2D eigenvalue weighted by atomic mass is 16.6. The molecule has 0 unspecified atom stereocenters. The minimum atomic E-state index is -0.363. The lowest BCUT2D eigenvalue weighted by molar-refractivity contribution is -0.161. The number of carbonyl (C=O) groups is 2. The van der Waals surface area contributed by atoms with Crippen LogP contribution >= 0.6 is 0 Å². The molecule has 0 saturated heterocycles. The summed E-state index contributed by atoms with van der Waals surface area (Å²) in [5, 5.41) is 0. The first-order chi connectivity index (χ1) is 11.4. The van der Waals surface area contributed by atoms with E-state index in [1.165, 1.54) is 0 Å². The number of benzene rings is 1. The lowest BCUT2D eigenvalue weighted by Gasteiger charge is -2.31. The van der Waals surface area contributed by atoms with E-state index in [0.717, 1.165) is 31.4 Å². The second kappa shape index (κ2) is 8.18. The van der Waals surface area contributed by atoms with Crippen LogP contribution in [0.15, 0.2) is 24.3 Å². The lowest BCUT2D eigenvalue weighted by Crippen LogP contribution is -2.38. The third kappa shape index (κ3) is 4.73. The number of hydrogen-bond donors (Lipinski definition) is 0. The van der Waals surface area contributed by atoms with Crippen molar-refractivity contribution >= 4 is 17.6 Å². The molecule has 1 aromatic rings. The van der Waals surface area contributed by atoms with E-state index in [0.29, 0.717) is 5.56 Å². The van der Waals surface area contributed by atoms with Crippen molar-refractivity contribution in [3.05, 3.63) is 29.8 Å². The maximum absolute atomic E-state index is 12.4. The van der Waals surface area contributed by atoms with E-state index >= 15 is 0 Å². The van der Waals surface area contributed by atoms with Gasteiger partial charge in [-0.3, -0.25) is 4.79 Å². The zero-order chi connectivity index (χ0) is 17.7. The van der Waals surface area contributed by atoms with E-state index < -0.39 is 0 Å². The summed E-state index contributed by atoms with van der Waals surface area (Å²) in [6, 6.07) is 7.28. The maximum atomic E-state index is 12.4. The molecule has 5 heteroatoms. The number of esters is 2. The molecule has 1 fully saturated rings. The zero-order valence-corrected chi connectivity index (χ0v) is 15.0. The monoisotopic (exact) mass is 333 g/mol. The molecule has 0 radical (unpaired) electrons. The van der Waals surface area contributed by atoms with Crippen LogP contribution in [-0.4, -0.2) is 38.2 Å². The van der Waals surface area contributed by atoms with E-state index in [-0.39, 0.29) is 30.1 Å². The summed E-state index contributed by atoms with van der Waals surface area (Å²) in [5.41, 5.74) is 1.54. The molecule has 24 heavy (non-hydrogen) atoms. The summed E-state index contributed by atoms with van der Waals surface area (Å²) < 4.78 is 11.2. The van der Waals surface area contributed by atoms with Crippen molar-refractivity contribution in [3.63, 3.8) is 0 Å². The number of nitrogens with zero attached hydrogens (tertiary/aromatic N) is 1. The van der Waals surface area contributed by atoms with Crippen LogP contribution < -0.4 is 4.90 Å². The summed E-state index contributed by atoms with van der Waals surface area (Å²) in [6.45, 7) is 3.61. The number of rotatable bonds is 5. The first-order valence-corrected chi connectivity index (χ1v) is 8.57. The third-order valence-electron chi connectivity index (χ3n) is 4.26. The smallest absolute Gasteiger partial charge is 0.338 e. The molecule has 1 aliphatic rings. The van der Waals surface area contributed by atoms with Gasteiger partial charge in [0.25, 0.3) is 0 Å². The van der Waals surface area contributed by atoms with Gasteiger partial charge < -0.3 is 14.4 Å². The van der Waals surface area contributed by atoms with Crippen LogP contribution in [0.3, 0.4) is 0 Å². The van der Waals surface area contributed by atoms with Crippen molar-refractivity contribution in [2.45, 2.75) is 51.7 Å². The SMILES string of the molecule is CC(C)C(=O)O[C@H]1CCCC[C@H]1OC(=O)c1ccc(N(C)C)cc1.